The monoisotopic (exact) mass is 405 g/mol. The number of aryl methyl sites for hydroxylation is 1. The third-order valence-electron chi connectivity index (χ3n) is 4.34. The fourth-order valence-electron chi connectivity index (χ4n) is 2.68. The highest BCUT2D eigenvalue weighted by atomic mass is 32.2. The first-order chi connectivity index (χ1) is 13.3. The van der Waals surface area contributed by atoms with Crippen molar-refractivity contribution in [1.82, 2.24) is 10.6 Å². The number of sulfone groups is 1. The van der Waals surface area contributed by atoms with Crippen LogP contribution in [-0.2, 0) is 9.84 Å². The largest absolute Gasteiger partial charge is 0.357 e. The molecule has 2 aromatic rings. The van der Waals surface area contributed by atoms with Gasteiger partial charge in [0.15, 0.2) is 15.8 Å². The Kier molecular flexibility index (Phi) is 7.99. The maximum absolute atomic E-state index is 13.8. The SMILES string of the molecule is CCNC(=NCCCS(=O)(=O)c1ccccc1)NC(C)c1ccc(C)c(F)c1. The maximum atomic E-state index is 13.8. The number of benzene rings is 2. The van der Waals surface area contributed by atoms with Crippen LogP contribution < -0.4 is 10.6 Å². The van der Waals surface area contributed by atoms with Gasteiger partial charge >= 0.3 is 0 Å². The molecule has 5 nitrogen and oxygen atoms in total. The number of halogens is 1. The molecule has 0 aliphatic heterocycles. The van der Waals surface area contributed by atoms with Gasteiger partial charge in [0.1, 0.15) is 5.82 Å². The summed E-state index contributed by atoms with van der Waals surface area (Å²) in [5.41, 5.74) is 1.43. The summed E-state index contributed by atoms with van der Waals surface area (Å²) in [7, 11) is -3.30. The average molecular weight is 406 g/mol. The molecule has 7 heteroatoms. The summed E-state index contributed by atoms with van der Waals surface area (Å²) in [6, 6.07) is 13.4. The molecule has 28 heavy (non-hydrogen) atoms. The molecule has 0 saturated carbocycles. The normalized spacial score (nSPS) is 13.2. The number of aliphatic imine (C=N–C) groups is 1. The Bertz CT molecular complexity index is 899. The van der Waals surface area contributed by atoms with Crippen LogP contribution in [0.2, 0.25) is 0 Å². The highest BCUT2D eigenvalue weighted by molar-refractivity contribution is 7.91. The third-order valence-corrected chi connectivity index (χ3v) is 6.15. The van der Waals surface area contributed by atoms with Crippen LogP contribution in [0, 0.1) is 12.7 Å². The fraction of sp³-hybridized carbons (Fsp3) is 0.381. The van der Waals surface area contributed by atoms with Crippen LogP contribution in [0.3, 0.4) is 0 Å². The number of guanidine groups is 1. The molecular weight excluding hydrogens is 377 g/mol. The van der Waals surface area contributed by atoms with Crippen molar-refractivity contribution in [3.8, 4) is 0 Å². The highest BCUT2D eigenvalue weighted by Gasteiger charge is 2.13. The molecule has 1 unspecified atom stereocenters. The van der Waals surface area contributed by atoms with Crippen molar-refractivity contribution >= 4 is 15.8 Å². The van der Waals surface area contributed by atoms with Crippen molar-refractivity contribution in [3.05, 3.63) is 65.5 Å². The van der Waals surface area contributed by atoms with Gasteiger partial charge in [0, 0.05) is 13.1 Å². The minimum absolute atomic E-state index is 0.0403. The summed E-state index contributed by atoms with van der Waals surface area (Å²) in [4.78, 5) is 4.78. The Hall–Kier alpha value is -2.41. The van der Waals surface area contributed by atoms with Crippen molar-refractivity contribution in [2.75, 3.05) is 18.8 Å². The van der Waals surface area contributed by atoms with Crippen molar-refractivity contribution in [3.63, 3.8) is 0 Å². The summed E-state index contributed by atoms with van der Waals surface area (Å²) in [5, 5.41) is 6.37. The number of hydrogen-bond acceptors (Lipinski definition) is 3. The number of nitrogens with zero attached hydrogens (tertiary/aromatic N) is 1. The van der Waals surface area contributed by atoms with E-state index in [2.05, 4.69) is 15.6 Å². The lowest BCUT2D eigenvalue weighted by Gasteiger charge is -2.18. The molecule has 152 valence electrons. The van der Waals surface area contributed by atoms with Crippen molar-refractivity contribution in [2.24, 2.45) is 4.99 Å². The lowest BCUT2D eigenvalue weighted by Crippen LogP contribution is -2.38. The van der Waals surface area contributed by atoms with Gasteiger partial charge in [-0.2, -0.15) is 0 Å². The molecule has 0 heterocycles. The Morgan fingerprint density at radius 3 is 2.54 bits per heavy atom. The predicted molar refractivity (Wildman–Crippen MR) is 112 cm³/mol. The van der Waals surface area contributed by atoms with Gasteiger partial charge in [-0.3, -0.25) is 4.99 Å². The van der Waals surface area contributed by atoms with E-state index in [1.807, 2.05) is 19.9 Å². The van der Waals surface area contributed by atoms with Gasteiger partial charge in [0.05, 0.1) is 16.7 Å². The Balaban J connectivity index is 1.95. The molecule has 2 aromatic carbocycles. The van der Waals surface area contributed by atoms with Crippen LogP contribution in [0.5, 0.6) is 0 Å². The molecule has 0 radical (unpaired) electrons. The second-order valence-electron chi connectivity index (χ2n) is 6.62. The van der Waals surface area contributed by atoms with Crippen molar-refractivity contribution < 1.29 is 12.8 Å². The molecule has 0 aliphatic rings. The molecular formula is C21H28FN3O2S. The Labute approximate surface area is 167 Å². The molecule has 0 aromatic heterocycles. The minimum atomic E-state index is -3.30. The van der Waals surface area contributed by atoms with E-state index >= 15 is 0 Å². The van der Waals surface area contributed by atoms with E-state index in [4.69, 9.17) is 0 Å². The molecule has 0 saturated heterocycles. The Morgan fingerprint density at radius 2 is 1.89 bits per heavy atom. The van der Waals surface area contributed by atoms with E-state index < -0.39 is 9.84 Å². The number of nitrogens with one attached hydrogen (secondary N) is 2. The quantitative estimate of drug-likeness (QED) is 0.400. The molecule has 0 bridgehead atoms. The molecule has 0 fully saturated rings. The second kappa shape index (κ2) is 10.2. The molecule has 2 rings (SSSR count). The van der Waals surface area contributed by atoms with Gasteiger partial charge in [0.2, 0.25) is 0 Å². The summed E-state index contributed by atoms with van der Waals surface area (Å²) in [6.07, 6.45) is 0.418. The maximum Gasteiger partial charge on any atom is 0.191 e. The van der Waals surface area contributed by atoms with E-state index in [0.717, 1.165) is 5.56 Å². The first-order valence-electron chi connectivity index (χ1n) is 9.42. The second-order valence-corrected chi connectivity index (χ2v) is 8.73. The van der Waals surface area contributed by atoms with Crippen LogP contribution in [0.15, 0.2) is 58.4 Å². The smallest absolute Gasteiger partial charge is 0.191 e. The van der Waals surface area contributed by atoms with Crippen LogP contribution >= 0.6 is 0 Å². The zero-order valence-corrected chi connectivity index (χ0v) is 17.4. The minimum Gasteiger partial charge on any atom is -0.357 e. The standard InChI is InChI=1S/C21H28FN3O2S/c1-4-23-21(25-17(3)18-12-11-16(2)20(22)15-18)24-13-8-14-28(26,27)19-9-6-5-7-10-19/h5-7,9-12,15,17H,4,8,13-14H2,1-3H3,(H2,23,24,25). The van der Waals surface area contributed by atoms with E-state index in [9.17, 15) is 12.8 Å². The summed E-state index contributed by atoms with van der Waals surface area (Å²) in [5.74, 6) is 0.380. The first-order valence-corrected chi connectivity index (χ1v) is 11.1. The molecule has 0 spiro atoms. The zero-order chi connectivity index (χ0) is 20.6. The van der Waals surface area contributed by atoms with Crippen molar-refractivity contribution in [1.29, 1.82) is 0 Å². The topological polar surface area (TPSA) is 70.6 Å². The molecule has 2 N–H and O–H groups in total. The fourth-order valence-corrected chi connectivity index (χ4v) is 3.99. The summed E-state index contributed by atoms with van der Waals surface area (Å²) < 4.78 is 38.4. The predicted octanol–water partition coefficient (Wildman–Crippen LogP) is 3.61. The molecule has 0 amide bonds. The molecule has 0 aliphatic carbocycles. The van der Waals surface area contributed by atoms with Crippen LogP contribution in [0.1, 0.15) is 37.4 Å². The number of hydrogen-bond donors (Lipinski definition) is 2. The lowest BCUT2D eigenvalue weighted by molar-refractivity contribution is 0.593. The lowest BCUT2D eigenvalue weighted by atomic mass is 10.1. The van der Waals surface area contributed by atoms with E-state index in [1.54, 1.807) is 43.3 Å². The van der Waals surface area contributed by atoms with Crippen LogP contribution in [0.25, 0.3) is 0 Å². The zero-order valence-electron chi connectivity index (χ0n) is 16.6. The van der Waals surface area contributed by atoms with Gasteiger partial charge in [-0.15, -0.1) is 0 Å². The van der Waals surface area contributed by atoms with Gasteiger partial charge in [-0.25, -0.2) is 12.8 Å². The highest BCUT2D eigenvalue weighted by Crippen LogP contribution is 2.16. The first kappa shape index (κ1) is 21.9. The van der Waals surface area contributed by atoms with E-state index in [1.165, 1.54) is 6.07 Å². The Morgan fingerprint density at radius 1 is 1.18 bits per heavy atom. The van der Waals surface area contributed by atoms with E-state index in [-0.39, 0.29) is 17.6 Å². The van der Waals surface area contributed by atoms with Gasteiger partial charge in [0.25, 0.3) is 0 Å². The summed E-state index contributed by atoms with van der Waals surface area (Å²) in [6.45, 7) is 6.65. The van der Waals surface area contributed by atoms with Crippen molar-refractivity contribution in [2.45, 2.75) is 38.1 Å². The number of rotatable bonds is 8. The van der Waals surface area contributed by atoms with Crippen LogP contribution in [0.4, 0.5) is 4.39 Å². The van der Waals surface area contributed by atoms with Crippen LogP contribution in [-0.4, -0.2) is 33.2 Å². The average Bonchev–Trinajstić information content (AvgIpc) is 2.68. The third kappa shape index (κ3) is 6.34. The molecule has 1 atom stereocenters. The van der Waals surface area contributed by atoms with Gasteiger partial charge in [-0.05, 0) is 56.5 Å². The van der Waals surface area contributed by atoms with Gasteiger partial charge < -0.3 is 10.6 Å². The van der Waals surface area contributed by atoms with E-state index in [0.29, 0.717) is 35.9 Å². The summed E-state index contributed by atoms with van der Waals surface area (Å²) >= 11 is 0. The van der Waals surface area contributed by atoms with Gasteiger partial charge in [-0.1, -0.05) is 30.3 Å².